The molecule has 0 radical (unpaired) electrons. The van der Waals surface area contributed by atoms with Crippen molar-refractivity contribution >= 4 is 32.7 Å². The number of sulfonamides is 1. The Morgan fingerprint density at radius 1 is 0.939 bits per heavy atom. The number of carbonyl (C=O) groups is 2. The molecule has 0 unspecified atom stereocenters. The minimum absolute atomic E-state index is 0.151. The smallest absolute Gasteiger partial charge is 0.339 e. The van der Waals surface area contributed by atoms with E-state index in [1.54, 1.807) is 18.2 Å². The van der Waals surface area contributed by atoms with E-state index in [0.717, 1.165) is 15.3 Å². The molecule has 1 saturated heterocycles. The number of amides is 1. The van der Waals surface area contributed by atoms with Gasteiger partial charge in [0.1, 0.15) is 6.54 Å². The molecule has 10 heteroatoms. The van der Waals surface area contributed by atoms with Crippen molar-refractivity contribution in [1.82, 2.24) is 13.8 Å². The molecule has 172 valence electrons. The van der Waals surface area contributed by atoms with Gasteiger partial charge in [-0.2, -0.15) is 4.31 Å². The Hall–Kier alpha value is -3.50. The summed E-state index contributed by atoms with van der Waals surface area (Å²) in [5.41, 5.74) is -0.260. The zero-order chi connectivity index (χ0) is 23.6. The predicted octanol–water partition coefficient (Wildman–Crippen LogP) is 1.32. The zero-order valence-corrected chi connectivity index (χ0v) is 18.8. The van der Waals surface area contributed by atoms with Crippen LogP contribution in [0.5, 0.6) is 0 Å². The maximum absolute atomic E-state index is 13.1. The Kier molecular flexibility index (Phi) is 6.30. The number of esters is 1. The van der Waals surface area contributed by atoms with Crippen molar-refractivity contribution in [1.29, 1.82) is 0 Å². The Labute approximate surface area is 190 Å². The average molecular weight is 470 g/mol. The highest BCUT2D eigenvalue weighted by Crippen LogP contribution is 2.23. The molecule has 0 aliphatic carbocycles. The number of nitrogens with zero attached hydrogens (tertiary/aromatic N) is 3. The maximum Gasteiger partial charge on any atom is 0.339 e. The second-order valence-corrected chi connectivity index (χ2v) is 9.61. The third kappa shape index (κ3) is 4.67. The highest BCUT2D eigenvalue weighted by molar-refractivity contribution is 7.89. The molecule has 0 N–H and O–H groups in total. The molecule has 2 heterocycles. The Morgan fingerprint density at radius 3 is 2.33 bits per heavy atom. The van der Waals surface area contributed by atoms with E-state index < -0.39 is 21.6 Å². The monoisotopic (exact) mass is 469 g/mol. The summed E-state index contributed by atoms with van der Waals surface area (Å²) in [5, 5.41) is 1.80. The first kappa shape index (κ1) is 22.7. The zero-order valence-electron chi connectivity index (χ0n) is 18.0. The van der Waals surface area contributed by atoms with Crippen LogP contribution in [0.25, 0.3) is 10.8 Å². The van der Waals surface area contributed by atoms with Gasteiger partial charge < -0.3 is 14.2 Å². The number of piperazine rings is 1. The van der Waals surface area contributed by atoms with Crippen LogP contribution in [0.3, 0.4) is 0 Å². The second kappa shape index (κ2) is 9.16. The van der Waals surface area contributed by atoms with E-state index in [4.69, 9.17) is 0 Å². The highest BCUT2D eigenvalue weighted by atomic mass is 32.2. The lowest BCUT2D eigenvalue weighted by Gasteiger charge is -2.34. The van der Waals surface area contributed by atoms with Crippen molar-refractivity contribution in [3.63, 3.8) is 0 Å². The summed E-state index contributed by atoms with van der Waals surface area (Å²) in [4.78, 5) is 38.2. The molecule has 9 nitrogen and oxygen atoms in total. The largest absolute Gasteiger partial charge is 0.465 e. The lowest BCUT2D eigenvalue weighted by atomic mass is 10.1. The van der Waals surface area contributed by atoms with Gasteiger partial charge in [-0.3, -0.25) is 9.59 Å². The van der Waals surface area contributed by atoms with E-state index in [1.165, 1.54) is 34.6 Å². The van der Waals surface area contributed by atoms with Crippen molar-refractivity contribution < 1.29 is 22.7 Å². The van der Waals surface area contributed by atoms with Crippen LogP contribution < -0.4 is 5.56 Å². The number of pyridine rings is 1. The minimum atomic E-state index is -3.70. The van der Waals surface area contributed by atoms with E-state index in [9.17, 15) is 22.8 Å². The Balaban J connectivity index is 1.43. The van der Waals surface area contributed by atoms with E-state index in [2.05, 4.69) is 4.74 Å². The third-order valence-corrected chi connectivity index (χ3v) is 7.55. The Bertz CT molecular complexity index is 1370. The van der Waals surface area contributed by atoms with E-state index >= 15 is 0 Å². The van der Waals surface area contributed by atoms with Crippen molar-refractivity contribution in [3.8, 4) is 0 Å². The summed E-state index contributed by atoms with van der Waals surface area (Å²) < 4.78 is 33.4. The van der Waals surface area contributed by atoms with E-state index in [-0.39, 0.29) is 49.1 Å². The van der Waals surface area contributed by atoms with Crippen LogP contribution in [0.2, 0.25) is 0 Å². The number of hydrogen-bond donors (Lipinski definition) is 0. The third-order valence-electron chi connectivity index (χ3n) is 5.66. The van der Waals surface area contributed by atoms with Gasteiger partial charge in [0.05, 0.1) is 17.6 Å². The standard InChI is InChI=1S/C23H23N3O6S/c1-32-23(29)19-7-9-21(27)25(15-19)16-22(28)24-10-12-26(13-11-24)33(30,31)20-8-6-17-4-2-3-5-18(17)14-20/h2-9,14-15H,10-13,16H2,1H3. The second-order valence-electron chi connectivity index (χ2n) is 7.67. The van der Waals surface area contributed by atoms with Gasteiger partial charge in [0.25, 0.3) is 5.56 Å². The predicted molar refractivity (Wildman–Crippen MR) is 121 cm³/mol. The topological polar surface area (TPSA) is 106 Å². The van der Waals surface area contributed by atoms with Crippen molar-refractivity contribution in [2.75, 3.05) is 33.3 Å². The summed E-state index contributed by atoms with van der Waals surface area (Å²) in [6.07, 6.45) is 1.28. The molecule has 0 atom stereocenters. The van der Waals surface area contributed by atoms with Crippen molar-refractivity contribution in [2.24, 2.45) is 0 Å². The Morgan fingerprint density at radius 2 is 1.64 bits per heavy atom. The normalized spacial score (nSPS) is 14.9. The molecule has 1 aliphatic heterocycles. The minimum Gasteiger partial charge on any atom is -0.465 e. The van der Waals surface area contributed by atoms with Gasteiger partial charge in [-0.15, -0.1) is 0 Å². The molecule has 0 bridgehead atoms. The number of rotatable bonds is 5. The SMILES string of the molecule is COC(=O)c1ccc(=O)n(CC(=O)N2CCN(S(=O)(=O)c3ccc4ccccc4c3)CC2)c1. The molecule has 1 aromatic heterocycles. The van der Waals surface area contributed by atoms with Crippen LogP contribution in [-0.2, 0) is 26.1 Å². The van der Waals surface area contributed by atoms with Crippen LogP contribution in [0, 0.1) is 0 Å². The van der Waals surface area contributed by atoms with E-state index in [1.807, 2.05) is 24.3 Å². The first-order chi connectivity index (χ1) is 15.8. The van der Waals surface area contributed by atoms with Crippen molar-refractivity contribution in [2.45, 2.75) is 11.4 Å². The molecule has 33 heavy (non-hydrogen) atoms. The van der Waals surface area contributed by atoms with Gasteiger partial charge in [0, 0.05) is 38.4 Å². The average Bonchev–Trinajstić information content (AvgIpc) is 2.84. The molecule has 4 rings (SSSR count). The van der Waals surface area contributed by atoms with Gasteiger partial charge in [0.15, 0.2) is 0 Å². The summed E-state index contributed by atoms with van der Waals surface area (Å²) in [7, 11) is -2.47. The molecule has 1 amide bonds. The number of aromatic nitrogens is 1. The van der Waals surface area contributed by atoms with Crippen molar-refractivity contribution in [3.05, 3.63) is 76.7 Å². The molecule has 1 fully saturated rings. The fraction of sp³-hybridized carbons (Fsp3) is 0.261. The molecular weight excluding hydrogens is 446 g/mol. The van der Waals surface area contributed by atoms with Crippen LogP contribution in [0.15, 0.2) is 70.5 Å². The molecule has 1 aliphatic rings. The lowest BCUT2D eigenvalue weighted by molar-refractivity contribution is -0.133. The molecular formula is C23H23N3O6S. The summed E-state index contributed by atoms with van der Waals surface area (Å²) >= 11 is 0. The van der Waals surface area contributed by atoms with Gasteiger partial charge in [-0.25, -0.2) is 13.2 Å². The van der Waals surface area contributed by atoms with Crippen LogP contribution in [0.1, 0.15) is 10.4 Å². The fourth-order valence-electron chi connectivity index (χ4n) is 3.79. The first-order valence-electron chi connectivity index (χ1n) is 10.3. The summed E-state index contributed by atoms with van der Waals surface area (Å²) in [6.45, 7) is 0.464. The number of methoxy groups -OCH3 is 1. The number of ether oxygens (including phenoxy) is 1. The number of fused-ring (bicyclic) bond motifs is 1. The quantitative estimate of drug-likeness (QED) is 0.522. The van der Waals surface area contributed by atoms with Gasteiger partial charge >= 0.3 is 5.97 Å². The summed E-state index contributed by atoms with van der Waals surface area (Å²) in [5.74, 6) is -0.939. The first-order valence-corrected chi connectivity index (χ1v) is 11.8. The van der Waals surface area contributed by atoms with Gasteiger partial charge in [-0.05, 0) is 29.0 Å². The van der Waals surface area contributed by atoms with E-state index in [0.29, 0.717) is 0 Å². The van der Waals surface area contributed by atoms with Gasteiger partial charge in [0.2, 0.25) is 15.9 Å². The fourth-order valence-corrected chi connectivity index (χ4v) is 5.25. The maximum atomic E-state index is 13.1. The lowest BCUT2D eigenvalue weighted by Crippen LogP contribution is -2.51. The molecule has 0 saturated carbocycles. The molecule has 2 aromatic carbocycles. The number of hydrogen-bond acceptors (Lipinski definition) is 6. The molecule has 3 aromatic rings. The van der Waals surface area contributed by atoms with Crippen LogP contribution in [-0.4, -0.2) is 67.4 Å². The number of carbonyl (C=O) groups excluding carboxylic acids is 2. The molecule has 0 spiro atoms. The summed E-state index contributed by atoms with van der Waals surface area (Å²) in [6, 6.07) is 15.1. The van der Waals surface area contributed by atoms with Crippen LogP contribution in [0.4, 0.5) is 0 Å². The highest BCUT2D eigenvalue weighted by Gasteiger charge is 2.30. The van der Waals surface area contributed by atoms with Gasteiger partial charge in [-0.1, -0.05) is 30.3 Å². The number of benzene rings is 2. The van der Waals surface area contributed by atoms with Crippen LogP contribution >= 0.6 is 0 Å².